The van der Waals surface area contributed by atoms with Crippen LogP contribution < -0.4 is 36.9 Å². The molecule has 8 N–H and O–H groups in total. The third-order valence-corrected chi connectivity index (χ3v) is 5.59. The molecular weight excluding hydrogens is 657 g/mol. The molecule has 0 aromatic carbocycles. The van der Waals surface area contributed by atoms with Gasteiger partial charge in [0.15, 0.2) is 0 Å². The summed E-state index contributed by atoms with van der Waals surface area (Å²) in [6.45, 7) is 0. The summed E-state index contributed by atoms with van der Waals surface area (Å²) < 4.78 is 0. The van der Waals surface area contributed by atoms with Crippen LogP contribution >= 0.6 is 0 Å². The van der Waals surface area contributed by atoms with E-state index in [-0.39, 0.29) is 89.7 Å². The Bertz CT molecular complexity index is 917. The number of aromatic amines is 2. The Hall–Kier alpha value is -2.76. The van der Waals surface area contributed by atoms with Crippen LogP contribution in [0.5, 0.6) is 0 Å². The Morgan fingerprint density at radius 2 is 1.28 bits per heavy atom. The van der Waals surface area contributed by atoms with Crippen molar-refractivity contribution in [2.45, 2.75) is 52.2 Å². The molecule has 0 aliphatic carbocycles. The van der Waals surface area contributed by atoms with Gasteiger partial charge in [0.2, 0.25) is 17.7 Å². The molecule has 3 atom stereocenters. The van der Waals surface area contributed by atoms with Gasteiger partial charge in [-0.25, -0.2) is 17.1 Å². The summed E-state index contributed by atoms with van der Waals surface area (Å²) in [5.74, 6) is 1.41. The third kappa shape index (κ3) is 18.5. The molecule has 0 unspecified atom stereocenters. The second-order valence-corrected chi connectivity index (χ2v) is 8.09. The Morgan fingerprint density at radius 1 is 0.767 bits per heavy atom. The average Bonchev–Trinajstić information content (AvgIpc) is 3.77. The van der Waals surface area contributed by atoms with E-state index in [1.807, 2.05) is 0 Å². The predicted octanol–water partition coefficient (Wildman–Crippen LogP) is -0.840. The minimum Gasteiger partial charge on any atom is -0.458 e. The van der Waals surface area contributed by atoms with E-state index in [1.165, 1.54) is 0 Å². The molecule has 43 heavy (non-hydrogen) atoms. The molecule has 16 heteroatoms. The monoisotopic (exact) mass is 703 g/mol. The zero-order valence-corrected chi connectivity index (χ0v) is 30.7. The largest absolute Gasteiger partial charge is 2.00 e. The topological polar surface area (TPSA) is 195 Å². The van der Waals surface area contributed by atoms with Gasteiger partial charge >= 0.3 is 19.5 Å². The van der Waals surface area contributed by atoms with Crippen molar-refractivity contribution < 1.29 is 53.3 Å². The van der Waals surface area contributed by atoms with Gasteiger partial charge in [-0.3, -0.25) is 14.4 Å². The van der Waals surface area contributed by atoms with E-state index in [9.17, 15) is 14.4 Å². The van der Waals surface area contributed by atoms with Gasteiger partial charge in [-0.05, 0) is 34.0 Å². The fraction of sp³-hybridized carbons (Fsp3) is 0.519. The molecule has 0 aliphatic rings. The maximum atomic E-state index is 11.3. The molecule has 0 radical (unpaired) electrons. The van der Waals surface area contributed by atoms with Crippen LogP contribution in [0.25, 0.3) is 0 Å². The zero-order chi connectivity index (χ0) is 29.0. The van der Waals surface area contributed by atoms with Crippen LogP contribution in [0.4, 0.5) is 0 Å². The zero-order valence-electron chi connectivity index (χ0n) is 24.8. The van der Waals surface area contributed by atoms with Crippen LogP contribution in [-0.2, 0) is 72.6 Å². The first-order chi connectivity index (χ1) is 18.8. The quantitative estimate of drug-likeness (QED) is 0.0876. The van der Waals surface area contributed by atoms with Gasteiger partial charge in [-0.2, -0.15) is 0 Å². The summed E-state index contributed by atoms with van der Waals surface area (Å²) in [7, 11) is 10.1. The van der Waals surface area contributed by atoms with Crippen molar-refractivity contribution >= 4 is 17.7 Å². The summed E-state index contributed by atoms with van der Waals surface area (Å²) in [5.41, 5.74) is 0.933. The van der Waals surface area contributed by atoms with Crippen molar-refractivity contribution in [1.82, 2.24) is 56.8 Å². The van der Waals surface area contributed by atoms with Crippen LogP contribution in [0.2, 0.25) is 0 Å². The SMILES string of the molecule is C.C.CNC(=O)[C@H](Cc1[c-]cc[nH]1)NC.CNC(=O)[C@H](Cc1ncc[n-]1)NC.CNC(=O)[C@H](Cc1ncc[nH]1)NC.[Zn+2].[Zn]. The number of H-pyrrole nitrogens is 2. The number of imidazole rings is 2. The number of aromatic nitrogens is 5. The fourth-order valence-electron chi connectivity index (χ4n) is 3.31. The average molecular weight is 707 g/mol. The van der Waals surface area contributed by atoms with Gasteiger partial charge in [0.25, 0.3) is 0 Å². The summed E-state index contributed by atoms with van der Waals surface area (Å²) in [6, 6.07) is 4.13. The Labute approximate surface area is 281 Å². The molecule has 0 aliphatic heterocycles. The van der Waals surface area contributed by atoms with Gasteiger partial charge in [0.1, 0.15) is 5.82 Å². The third-order valence-electron chi connectivity index (χ3n) is 5.59. The number of nitrogens with one attached hydrogen (secondary N) is 8. The van der Waals surface area contributed by atoms with E-state index in [4.69, 9.17) is 0 Å². The summed E-state index contributed by atoms with van der Waals surface area (Å²) >= 11 is 0. The Morgan fingerprint density at radius 3 is 1.65 bits per heavy atom. The molecule has 0 saturated heterocycles. The second kappa shape index (κ2) is 28.0. The van der Waals surface area contributed by atoms with Gasteiger partial charge in [0, 0.05) is 59.4 Å². The molecule has 14 nitrogen and oxygen atoms in total. The molecule has 3 amide bonds. The van der Waals surface area contributed by atoms with E-state index in [2.05, 4.69) is 62.9 Å². The van der Waals surface area contributed by atoms with E-state index in [1.54, 1.807) is 79.3 Å². The Kier molecular flexibility index (Phi) is 30.8. The van der Waals surface area contributed by atoms with Crippen LogP contribution in [0.3, 0.4) is 0 Å². The number of likely N-dealkylation sites (N-methyl/N-ethyl adjacent to an activating group) is 6. The smallest absolute Gasteiger partial charge is 0.458 e. The maximum Gasteiger partial charge on any atom is 2.00 e. The predicted molar refractivity (Wildman–Crippen MR) is 161 cm³/mol. The molecular formula is C27H49N11O3Zn2. The number of rotatable bonds is 12. The molecule has 234 valence electrons. The molecule has 0 fully saturated rings. The van der Waals surface area contributed by atoms with Gasteiger partial charge in [0.05, 0.1) is 18.1 Å². The normalized spacial score (nSPS) is 11.3. The standard InChI is InChI=1S/C9H14N3O.2C8H14N4O.2CH4.2Zn/c1-10-8(9(13)11-2)6-7-4-3-5-12-7;2*1-9-6(8(13)10-2)5-7-11-3-4-12-7;;;;/h3,5,8,10,12H,6H2,1-2H3,(H,11,13);3-4,6,9H,5H2,1-2H3,(H,10,13)(H,11,12);3-4,6,9H,5H2,1-2H3,(H2,10,11,12,13);2*1H4;;/q-1;;;;;;+2/p-1/t8-;2*6-;;;;/m000..../s1. The van der Waals surface area contributed by atoms with Crippen molar-refractivity contribution in [2.75, 3.05) is 42.3 Å². The first-order valence-electron chi connectivity index (χ1n) is 12.4. The first-order valence-corrected chi connectivity index (χ1v) is 12.4. The molecule has 3 rings (SSSR count). The minimum absolute atomic E-state index is 0. The molecule has 3 aromatic rings. The number of nitrogens with zero attached hydrogens (tertiary/aromatic N) is 3. The summed E-state index contributed by atoms with van der Waals surface area (Å²) in [6.07, 6.45) is 10.2. The molecule has 3 aromatic heterocycles. The van der Waals surface area contributed by atoms with Crippen LogP contribution in [-0.4, -0.2) is 98.1 Å². The summed E-state index contributed by atoms with van der Waals surface area (Å²) in [4.78, 5) is 51.7. The van der Waals surface area contributed by atoms with Crippen LogP contribution in [0.15, 0.2) is 37.1 Å². The van der Waals surface area contributed by atoms with Crippen LogP contribution in [0.1, 0.15) is 32.2 Å². The molecule has 0 saturated carbocycles. The van der Waals surface area contributed by atoms with Crippen LogP contribution in [0, 0.1) is 6.07 Å². The second-order valence-electron chi connectivity index (χ2n) is 8.09. The van der Waals surface area contributed by atoms with Crippen molar-refractivity contribution in [3.63, 3.8) is 0 Å². The van der Waals surface area contributed by atoms with E-state index < -0.39 is 0 Å². The first kappa shape index (κ1) is 47.2. The number of hydrogen-bond donors (Lipinski definition) is 8. The minimum atomic E-state index is -0.257. The van der Waals surface area contributed by atoms with Crippen molar-refractivity contribution in [3.05, 3.63) is 60.5 Å². The molecule has 3 heterocycles. The number of hydrogen-bond acceptors (Lipinski definition) is 8. The number of amides is 3. The van der Waals surface area contributed by atoms with Gasteiger partial charge in [-0.1, -0.05) is 38.8 Å². The van der Waals surface area contributed by atoms with Gasteiger partial charge in [-0.15, -0.1) is 6.20 Å². The number of carbonyl (C=O) groups is 3. The van der Waals surface area contributed by atoms with Crippen molar-refractivity contribution in [1.29, 1.82) is 0 Å². The van der Waals surface area contributed by atoms with E-state index >= 15 is 0 Å². The van der Waals surface area contributed by atoms with Crippen molar-refractivity contribution in [3.8, 4) is 0 Å². The molecule has 0 spiro atoms. The Balaban J connectivity index is -0.000000253. The fourth-order valence-corrected chi connectivity index (χ4v) is 3.31. The van der Waals surface area contributed by atoms with E-state index in [0.717, 1.165) is 11.5 Å². The molecule has 0 bridgehead atoms. The van der Waals surface area contributed by atoms with E-state index in [0.29, 0.717) is 25.1 Å². The van der Waals surface area contributed by atoms with Crippen molar-refractivity contribution in [2.24, 2.45) is 0 Å². The maximum absolute atomic E-state index is 11.3. The number of carbonyl (C=O) groups excluding carboxylic acids is 3. The van der Waals surface area contributed by atoms with Gasteiger partial charge < -0.3 is 51.8 Å². The summed E-state index contributed by atoms with van der Waals surface area (Å²) in [5, 5.41) is 16.5.